The van der Waals surface area contributed by atoms with Crippen LogP contribution in [0.4, 0.5) is 0 Å². The molecule has 0 bridgehead atoms. The zero-order valence-electron chi connectivity index (χ0n) is 20.5. The van der Waals surface area contributed by atoms with E-state index in [0.29, 0.717) is 12.1 Å². The second-order valence-electron chi connectivity index (χ2n) is 9.54. The van der Waals surface area contributed by atoms with E-state index in [2.05, 4.69) is 120 Å². The van der Waals surface area contributed by atoms with Gasteiger partial charge in [-0.05, 0) is 54.3 Å². The zero-order valence-corrected chi connectivity index (χ0v) is 22.0. The van der Waals surface area contributed by atoms with Crippen molar-refractivity contribution in [1.29, 1.82) is 5.26 Å². The maximum absolute atomic E-state index is 10.1. The van der Waals surface area contributed by atoms with Gasteiger partial charge in [0.1, 0.15) is 17.4 Å². The lowest BCUT2D eigenvalue weighted by molar-refractivity contribution is 0.230. The summed E-state index contributed by atoms with van der Waals surface area (Å²) in [5, 5.41) is 10.1. The van der Waals surface area contributed by atoms with E-state index in [9.17, 15) is 5.26 Å². The molecule has 36 heavy (non-hydrogen) atoms. The fourth-order valence-electron chi connectivity index (χ4n) is 4.90. The molecule has 2 aliphatic heterocycles. The van der Waals surface area contributed by atoms with Gasteiger partial charge in [-0.15, -0.1) is 0 Å². The monoisotopic (exact) mass is 537 g/mol. The van der Waals surface area contributed by atoms with Gasteiger partial charge in [0.25, 0.3) is 0 Å². The van der Waals surface area contributed by atoms with E-state index in [0.717, 1.165) is 45.6 Å². The highest BCUT2D eigenvalue weighted by atomic mass is 79.9. The Hall–Kier alpha value is -3.59. The van der Waals surface area contributed by atoms with Gasteiger partial charge in [0.15, 0.2) is 0 Å². The van der Waals surface area contributed by atoms with Crippen LogP contribution in [0.5, 0.6) is 0 Å². The third-order valence-corrected chi connectivity index (χ3v) is 7.28. The second kappa shape index (κ2) is 10.2. The molecule has 0 radical (unpaired) electrons. The standard InChI is InChI=1S/C31H28BrN3O/c1-20-3-7-22(8-4-20)15-25-18-35(17-23-9-13-26(32)14-10-23)19-28-29(24-11-5-21(2)6-12-24)27(16-33)31(34)36-30(25)28/h3-15,29H,17-19,34H2,1-2H3/b25-15-. The number of nitriles is 1. The topological polar surface area (TPSA) is 62.3 Å². The Morgan fingerprint density at radius 3 is 2.25 bits per heavy atom. The summed E-state index contributed by atoms with van der Waals surface area (Å²) < 4.78 is 7.27. The van der Waals surface area contributed by atoms with Crippen molar-refractivity contribution < 1.29 is 4.74 Å². The summed E-state index contributed by atoms with van der Waals surface area (Å²) in [6.45, 7) is 6.35. The number of ether oxygens (including phenoxy) is 1. The molecular weight excluding hydrogens is 510 g/mol. The maximum Gasteiger partial charge on any atom is 0.205 e. The van der Waals surface area contributed by atoms with E-state index in [4.69, 9.17) is 10.5 Å². The third kappa shape index (κ3) is 5.02. The van der Waals surface area contributed by atoms with Crippen LogP contribution in [0, 0.1) is 25.2 Å². The predicted octanol–water partition coefficient (Wildman–Crippen LogP) is 6.73. The molecule has 1 atom stereocenters. The maximum atomic E-state index is 10.1. The molecule has 3 aromatic rings. The predicted molar refractivity (Wildman–Crippen MR) is 147 cm³/mol. The van der Waals surface area contributed by atoms with Crippen LogP contribution in [0.15, 0.2) is 106 Å². The zero-order chi connectivity index (χ0) is 25.2. The average Bonchev–Trinajstić information content (AvgIpc) is 2.87. The lowest BCUT2D eigenvalue weighted by Gasteiger charge is -2.38. The molecule has 5 rings (SSSR count). The molecule has 0 aromatic heterocycles. The minimum absolute atomic E-state index is 0.193. The van der Waals surface area contributed by atoms with Gasteiger partial charge in [-0.25, -0.2) is 0 Å². The van der Waals surface area contributed by atoms with Crippen molar-refractivity contribution >= 4 is 22.0 Å². The van der Waals surface area contributed by atoms with Crippen molar-refractivity contribution in [2.75, 3.05) is 13.1 Å². The Bertz CT molecular complexity index is 1410. The van der Waals surface area contributed by atoms with Gasteiger partial charge in [-0.2, -0.15) is 5.26 Å². The molecular formula is C31H28BrN3O. The van der Waals surface area contributed by atoms with Crippen LogP contribution in [0.25, 0.3) is 6.08 Å². The van der Waals surface area contributed by atoms with Crippen molar-refractivity contribution in [2.45, 2.75) is 26.3 Å². The molecule has 2 heterocycles. The van der Waals surface area contributed by atoms with Gasteiger partial charge in [0, 0.05) is 29.7 Å². The molecule has 0 aliphatic carbocycles. The highest BCUT2D eigenvalue weighted by Crippen LogP contribution is 2.44. The molecule has 180 valence electrons. The number of allylic oxidation sites excluding steroid dienone is 1. The molecule has 1 unspecified atom stereocenters. The summed E-state index contributed by atoms with van der Waals surface area (Å²) in [6, 6.07) is 27.6. The van der Waals surface area contributed by atoms with E-state index in [1.165, 1.54) is 16.7 Å². The first-order chi connectivity index (χ1) is 17.4. The van der Waals surface area contributed by atoms with Gasteiger partial charge < -0.3 is 10.5 Å². The molecule has 0 spiro atoms. The van der Waals surface area contributed by atoms with E-state index < -0.39 is 0 Å². The summed E-state index contributed by atoms with van der Waals surface area (Å²) in [6.07, 6.45) is 2.18. The van der Waals surface area contributed by atoms with E-state index in [1.807, 2.05) is 0 Å². The Morgan fingerprint density at radius 2 is 1.61 bits per heavy atom. The minimum Gasteiger partial charge on any atom is -0.440 e. The Morgan fingerprint density at radius 1 is 0.972 bits per heavy atom. The average molecular weight is 538 g/mol. The van der Waals surface area contributed by atoms with Crippen LogP contribution >= 0.6 is 15.9 Å². The normalized spacial score (nSPS) is 19.2. The third-order valence-electron chi connectivity index (χ3n) is 6.75. The Kier molecular flexibility index (Phi) is 6.82. The quantitative estimate of drug-likeness (QED) is 0.400. The number of hydrogen-bond acceptors (Lipinski definition) is 4. The number of aryl methyl sites for hydroxylation is 2. The molecule has 5 heteroatoms. The minimum atomic E-state index is -0.242. The lowest BCUT2D eigenvalue weighted by Crippen LogP contribution is -2.37. The van der Waals surface area contributed by atoms with Crippen LogP contribution in [-0.4, -0.2) is 18.0 Å². The van der Waals surface area contributed by atoms with E-state index >= 15 is 0 Å². The molecule has 4 nitrogen and oxygen atoms in total. The number of benzene rings is 3. The van der Waals surface area contributed by atoms with Gasteiger partial charge >= 0.3 is 0 Å². The number of hydrogen-bond donors (Lipinski definition) is 1. The summed E-state index contributed by atoms with van der Waals surface area (Å²) in [7, 11) is 0. The number of halogens is 1. The number of nitrogens with two attached hydrogens (primary N) is 1. The van der Waals surface area contributed by atoms with Crippen LogP contribution < -0.4 is 5.73 Å². The highest BCUT2D eigenvalue weighted by molar-refractivity contribution is 9.10. The largest absolute Gasteiger partial charge is 0.440 e. The van der Waals surface area contributed by atoms with Gasteiger partial charge in [-0.3, -0.25) is 4.90 Å². The van der Waals surface area contributed by atoms with Crippen LogP contribution in [0.2, 0.25) is 0 Å². The fraction of sp³-hybridized carbons (Fsp3) is 0.194. The first kappa shape index (κ1) is 24.1. The van der Waals surface area contributed by atoms with Crippen LogP contribution in [0.3, 0.4) is 0 Å². The second-order valence-corrected chi connectivity index (χ2v) is 10.5. The molecule has 3 aromatic carbocycles. The van der Waals surface area contributed by atoms with Crippen LogP contribution in [-0.2, 0) is 11.3 Å². The summed E-state index contributed by atoms with van der Waals surface area (Å²) in [4.78, 5) is 2.41. The van der Waals surface area contributed by atoms with Gasteiger partial charge in [0.2, 0.25) is 5.88 Å². The fourth-order valence-corrected chi connectivity index (χ4v) is 5.17. The summed E-state index contributed by atoms with van der Waals surface area (Å²) in [5.41, 5.74) is 14.8. The SMILES string of the molecule is Cc1ccc(/C=C2/CN(Cc3ccc(Br)cc3)CC3=C2OC(N)=C(C#N)C3c2ccc(C)cc2)cc1. The lowest BCUT2D eigenvalue weighted by atomic mass is 9.80. The summed E-state index contributed by atoms with van der Waals surface area (Å²) >= 11 is 3.53. The molecule has 0 saturated heterocycles. The molecule has 0 fully saturated rings. The smallest absolute Gasteiger partial charge is 0.205 e. The Balaban J connectivity index is 1.61. The first-order valence-corrected chi connectivity index (χ1v) is 12.8. The molecule has 2 N–H and O–H groups in total. The molecule has 0 amide bonds. The van der Waals surface area contributed by atoms with Crippen LogP contribution in [0.1, 0.15) is 33.7 Å². The highest BCUT2D eigenvalue weighted by Gasteiger charge is 2.37. The van der Waals surface area contributed by atoms with Crippen molar-refractivity contribution in [3.8, 4) is 6.07 Å². The van der Waals surface area contributed by atoms with Crippen molar-refractivity contribution in [3.05, 3.63) is 133 Å². The van der Waals surface area contributed by atoms with E-state index in [1.54, 1.807) is 0 Å². The van der Waals surface area contributed by atoms with Crippen molar-refractivity contribution in [2.24, 2.45) is 5.73 Å². The first-order valence-electron chi connectivity index (χ1n) is 12.0. The molecule has 2 aliphatic rings. The van der Waals surface area contributed by atoms with Crippen molar-refractivity contribution in [1.82, 2.24) is 4.90 Å². The summed E-state index contributed by atoms with van der Waals surface area (Å²) in [5.74, 6) is 0.746. The molecule has 0 saturated carbocycles. The van der Waals surface area contributed by atoms with Gasteiger partial charge in [-0.1, -0.05) is 87.7 Å². The number of nitrogens with zero attached hydrogens (tertiary/aromatic N) is 2. The number of rotatable bonds is 4. The van der Waals surface area contributed by atoms with Gasteiger partial charge in [0.05, 0.1) is 5.92 Å². The van der Waals surface area contributed by atoms with Crippen molar-refractivity contribution in [3.63, 3.8) is 0 Å². The van der Waals surface area contributed by atoms with E-state index in [-0.39, 0.29) is 11.8 Å². The Labute approximate surface area is 221 Å².